The number of amides is 2. The zero-order chi connectivity index (χ0) is 19.7. The molecule has 4 atom stereocenters. The van der Waals surface area contributed by atoms with Crippen molar-refractivity contribution in [1.82, 2.24) is 4.98 Å². The summed E-state index contributed by atoms with van der Waals surface area (Å²) >= 11 is 0. The third-order valence-corrected chi connectivity index (χ3v) is 5.36. The molecule has 0 aliphatic heterocycles. The standard InChI is InChI=1S/C21H19N3O4/c25-19(14-3-2-8-22-11-14)23-15-4-1-5-16(10-15)24-20(26)17-12-6-7-13(9-12)18(17)21(27)28/h1-8,10-13,17-18H,9H2,(H,23,25)(H,24,26)(H,27,28)/t12-,13-,17-,18-/m0/s1. The molecule has 0 spiro atoms. The molecule has 2 amide bonds. The summed E-state index contributed by atoms with van der Waals surface area (Å²) in [6.45, 7) is 0. The van der Waals surface area contributed by atoms with Gasteiger partial charge in [-0.1, -0.05) is 18.2 Å². The lowest BCUT2D eigenvalue weighted by molar-refractivity contribution is -0.146. The maximum atomic E-state index is 12.8. The van der Waals surface area contributed by atoms with Gasteiger partial charge in [0.15, 0.2) is 0 Å². The van der Waals surface area contributed by atoms with Gasteiger partial charge < -0.3 is 15.7 Å². The van der Waals surface area contributed by atoms with Crippen LogP contribution in [0.2, 0.25) is 0 Å². The highest BCUT2D eigenvalue weighted by Crippen LogP contribution is 2.48. The molecule has 28 heavy (non-hydrogen) atoms. The van der Waals surface area contributed by atoms with E-state index in [-0.39, 0.29) is 23.7 Å². The number of pyridine rings is 1. The first-order valence-corrected chi connectivity index (χ1v) is 9.06. The highest BCUT2D eigenvalue weighted by atomic mass is 16.4. The Kier molecular flexibility index (Phi) is 4.65. The lowest BCUT2D eigenvalue weighted by Crippen LogP contribution is -2.36. The van der Waals surface area contributed by atoms with Crippen LogP contribution in [0.5, 0.6) is 0 Å². The van der Waals surface area contributed by atoms with E-state index in [1.807, 2.05) is 12.2 Å². The van der Waals surface area contributed by atoms with E-state index in [4.69, 9.17) is 0 Å². The van der Waals surface area contributed by atoms with Crippen LogP contribution < -0.4 is 10.6 Å². The van der Waals surface area contributed by atoms with E-state index < -0.39 is 17.8 Å². The Morgan fingerprint density at radius 3 is 2.36 bits per heavy atom. The van der Waals surface area contributed by atoms with Gasteiger partial charge in [-0.15, -0.1) is 0 Å². The number of carboxylic acids is 1. The molecule has 0 saturated heterocycles. The van der Waals surface area contributed by atoms with Gasteiger partial charge >= 0.3 is 5.97 Å². The van der Waals surface area contributed by atoms with Crippen LogP contribution in [0.25, 0.3) is 0 Å². The van der Waals surface area contributed by atoms with Crippen molar-refractivity contribution in [3.8, 4) is 0 Å². The Labute approximate surface area is 161 Å². The molecule has 1 saturated carbocycles. The fourth-order valence-electron chi connectivity index (χ4n) is 4.12. The Morgan fingerprint density at radius 2 is 1.68 bits per heavy atom. The monoisotopic (exact) mass is 377 g/mol. The lowest BCUT2D eigenvalue weighted by atomic mass is 9.82. The van der Waals surface area contributed by atoms with Crippen molar-refractivity contribution in [3.05, 3.63) is 66.5 Å². The quantitative estimate of drug-likeness (QED) is 0.695. The Bertz CT molecular complexity index is 957. The van der Waals surface area contributed by atoms with E-state index in [2.05, 4.69) is 15.6 Å². The van der Waals surface area contributed by atoms with Crippen molar-refractivity contribution >= 4 is 29.2 Å². The number of rotatable bonds is 5. The Balaban J connectivity index is 1.46. The number of aromatic nitrogens is 1. The van der Waals surface area contributed by atoms with Gasteiger partial charge in [0.05, 0.1) is 17.4 Å². The predicted molar refractivity (Wildman–Crippen MR) is 103 cm³/mol. The third kappa shape index (κ3) is 3.38. The van der Waals surface area contributed by atoms with E-state index >= 15 is 0 Å². The molecule has 4 rings (SSSR count). The molecule has 7 heteroatoms. The molecule has 142 valence electrons. The molecule has 3 N–H and O–H groups in total. The van der Waals surface area contributed by atoms with E-state index in [0.29, 0.717) is 23.4 Å². The third-order valence-electron chi connectivity index (χ3n) is 5.36. The number of benzene rings is 1. The molecule has 7 nitrogen and oxygen atoms in total. The van der Waals surface area contributed by atoms with Crippen LogP contribution in [0.1, 0.15) is 16.8 Å². The van der Waals surface area contributed by atoms with Gasteiger partial charge in [-0.2, -0.15) is 0 Å². The first kappa shape index (κ1) is 17.9. The fourth-order valence-corrected chi connectivity index (χ4v) is 4.12. The van der Waals surface area contributed by atoms with Crippen LogP contribution in [0.15, 0.2) is 60.9 Å². The zero-order valence-corrected chi connectivity index (χ0v) is 14.9. The predicted octanol–water partition coefficient (Wildman–Crippen LogP) is 2.80. The zero-order valence-electron chi connectivity index (χ0n) is 14.9. The normalized spacial score (nSPS) is 24.7. The van der Waals surface area contributed by atoms with Crippen LogP contribution in [-0.2, 0) is 9.59 Å². The van der Waals surface area contributed by atoms with E-state index in [1.165, 1.54) is 6.20 Å². The number of anilines is 2. The SMILES string of the molecule is O=C(Nc1cccc(NC(=O)[C@@H]2[C@@H](C(=O)O)[C@H]3C=C[C@H]2C3)c1)c1cccnc1. The first-order chi connectivity index (χ1) is 13.5. The molecule has 1 heterocycles. The number of aliphatic carboxylic acids is 1. The van der Waals surface area contributed by atoms with Gasteiger partial charge in [0, 0.05) is 23.8 Å². The Hall–Kier alpha value is -3.48. The molecule has 1 aromatic carbocycles. The highest BCUT2D eigenvalue weighted by molar-refractivity contribution is 6.04. The maximum Gasteiger partial charge on any atom is 0.307 e. The summed E-state index contributed by atoms with van der Waals surface area (Å²) in [7, 11) is 0. The number of carbonyl (C=O) groups excluding carboxylic acids is 2. The summed E-state index contributed by atoms with van der Waals surface area (Å²) < 4.78 is 0. The van der Waals surface area contributed by atoms with Crippen molar-refractivity contribution in [1.29, 1.82) is 0 Å². The summed E-state index contributed by atoms with van der Waals surface area (Å²) in [6, 6.07) is 10.1. The summed E-state index contributed by atoms with van der Waals surface area (Å²) in [5.41, 5.74) is 1.45. The smallest absolute Gasteiger partial charge is 0.307 e. The minimum atomic E-state index is -0.936. The highest BCUT2D eigenvalue weighted by Gasteiger charge is 2.51. The van der Waals surface area contributed by atoms with E-state index in [9.17, 15) is 19.5 Å². The van der Waals surface area contributed by atoms with Crippen molar-refractivity contribution in [3.63, 3.8) is 0 Å². The van der Waals surface area contributed by atoms with Gasteiger partial charge in [0.1, 0.15) is 0 Å². The van der Waals surface area contributed by atoms with Crippen molar-refractivity contribution in [2.75, 3.05) is 10.6 Å². The molecule has 2 aliphatic carbocycles. The van der Waals surface area contributed by atoms with Crippen LogP contribution in [0.3, 0.4) is 0 Å². The molecule has 1 fully saturated rings. The maximum absolute atomic E-state index is 12.8. The average molecular weight is 377 g/mol. The van der Waals surface area contributed by atoms with E-state index in [0.717, 1.165) is 0 Å². The van der Waals surface area contributed by atoms with Gasteiger partial charge in [0.2, 0.25) is 5.91 Å². The number of nitrogens with one attached hydrogen (secondary N) is 2. The van der Waals surface area contributed by atoms with Crippen molar-refractivity contribution in [2.24, 2.45) is 23.7 Å². The van der Waals surface area contributed by atoms with Crippen LogP contribution in [-0.4, -0.2) is 27.9 Å². The van der Waals surface area contributed by atoms with Gasteiger partial charge in [-0.3, -0.25) is 19.4 Å². The summed E-state index contributed by atoms with van der Waals surface area (Å²) in [5.74, 6) is -2.94. The fraction of sp³-hybridized carbons (Fsp3) is 0.238. The minimum Gasteiger partial charge on any atom is -0.481 e. The van der Waals surface area contributed by atoms with Gasteiger partial charge in [0.25, 0.3) is 5.91 Å². The molecular weight excluding hydrogens is 358 g/mol. The molecular formula is C21H19N3O4. The summed E-state index contributed by atoms with van der Waals surface area (Å²) in [6.07, 6.45) is 7.61. The topological polar surface area (TPSA) is 108 Å². The average Bonchev–Trinajstić information content (AvgIpc) is 3.30. The van der Waals surface area contributed by atoms with Crippen molar-refractivity contribution < 1.29 is 19.5 Å². The van der Waals surface area contributed by atoms with Gasteiger partial charge in [-0.05, 0) is 48.6 Å². The van der Waals surface area contributed by atoms with Crippen LogP contribution >= 0.6 is 0 Å². The number of hydrogen-bond acceptors (Lipinski definition) is 4. The van der Waals surface area contributed by atoms with E-state index in [1.54, 1.807) is 42.6 Å². The second kappa shape index (κ2) is 7.26. The lowest BCUT2D eigenvalue weighted by Gasteiger charge is -2.24. The number of carbonyl (C=O) groups is 3. The summed E-state index contributed by atoms with van der Waals surface area (Å²) in [4.78, 5) is 40.5. The number of nitrogens with zero attached hydrogens (tertiary/aromatic N) is 1. The minimum absolute atomic E-state index is 0.0421. The van der Waals surface area contributed by atoms with Gasteiger partial charge in [-0.25, -0.2) is 0 Å². The largest absolute Gasteiger partial charge is 0.481 e. The van der Waals surface area contributed by atoms with Crippen molar-refractivity contribution in [2.45, 2.75) is 6.42 Å². The number of carboxylic acid groups (broad SMARTS) is 1. The Morgan fingerprint density at radius 1 is 0.964 bits per heavy atom. The second-order valence-corrected chi connectivity index (χ2v) is 7.10. The number of fused-ring (bicyclic) bond motifs is 2. The number of allylic oxidation sites excluding steroid dienone is 2. The molecule has 2 bridgehead atoms. The van der Waals surface area contributed by atoms with Crippen LogP contribution in [0.4, 0.5) is 11.4 Å². The molecule has 0 unspecified atom stereocenters. The molecule has 2 aliphatic rings. The summed E-state index contributed by atoms with van der Waals surface area (Å²) in [5, 5.41) is 15.1. The molecule has 0 radical (unpaired) electrons. The number of hydrogen-bond donors (Lipinski definition) is 3. The van der Waals surface area contributed by atoms with Crippen LogP contribution in [0, 0.1) is 23.7 Å². The first-order valence-electron chi connectivity index (χ1n) is 9.06. The molecule has 1 aromatic heterocycles. The second-order valence-electron chi connectivity index (χ2n) is 7.10. The molecule has 2 aromatic rings.